The number of aromatic amines is 1. The van der Waals surface area contributed by atoms with Gasteiger partial charge in [-0.25, -0.2) is 9.49 Å². The molecule has 0 unspecified atom stereocenters. The van der Waals surface area contributed by atoms with Crippen LogP contribution in [0.4, 0.5) is 4.39 Å². The summed E-state index contributed by atoms with van der Waals surface area (Å²) < 4.78 is 14.3. The lowest BCUT2D eigenvalue weighted by Crippen LogP contribution is -2.59. The molecule has 1 saturated heterocycles. The minimum atomic E-state index is -0.541. The first-order valence-electron chi connectivity index (χ1n) is 9.45. The third-order valence-electron chi connectivity index (χ3n) is 5.13. The fourth-order valence-electron chi connectivity index (χ4n) is 3.54. The summed E-state index contributed by atoms with van der Waals surface area (Å²) in [6.45, 7) is 5.42. The van der Waals surface area contributed by atoms with E-state index in [4.69, 9.17) is 0 Å². The molecule has 0 radical (unpaired) electrons. The van der Waals surface area contributed by atoms with Crippen molar-refractivity contribution in [2.75, 3.05) is 19.6 Å². The molecule has 7 heteroatoms. The number of rotatable bonds is 6. The predicted octanol–water partition coefficient (Wildman–Crippen LogP) is 2.25. The van der Waals surface area contributed by atoms with Gasteiger partial charge in [-0.1, -0.05) is 30.3 Å². The van der Waals surface area contributed by atoms with Gasteiger partial charge >= 0.3 is 0 Å². The van der Waals surface area contributed by atoms with Crippen LogP contribution in [0.3, 0.4) is 0 Å². The standard InChI is InChI=1S/C22H21FN4O2/c1-2-9-24-15-12-27(13-15)22(29)18-10-14(7-8-19(18)23)11-20-16-5-3-4-6-17(16)21(28)26-25-20/h2-8,10,15,24H,1,9,11-13H2,(H,26,28). The molecule has 1 aliphatic heterocycles. The van der Waals surface area contributed by atoms with E-state index in [0.717, 1.165) is 10.9 Å². The van der Waals surface area contributed by atoms with E-state index in [9.17, 15) is 14.0 Å². The molecule has 2 heterocycles. The molecule has 1 amide bonds. The van der Waals surface area contributed by atoms with E-state index in [1.165, 1.54) is 6.07 Å². The first-order valence-corrected chi connectivity index (χ1v) is 9.45. The highest BCUT2D eigenvalue weighted by Gasteiger charge is 2.31. The molecule has 0 aliphatic carbocycles. The number of H-pyrrole nitrogens is 1. The van der Waals surface area contributed by atoms with Gasteiger partial charge in [0.25, 0.3) is 11.5 Å². The van der Waals surface area contributed by atoms with Gasteiger partial charge in [0.2, 0.25) is 0 Å². The van der Waals surface area contributed by atoms with Crippen molar-refractivity contribution in [1.29, 1.82) is 0 Å². The second kappa shape index (κ2) is 7.97. The van der Waals surface area contributed by atoms with Gasteiger partial charge in [0, 0.05) is 37.5 Å². The van der Waals surface area contributed by atoms with Gasteiger partial charge in [0.1, 0.15) is 5.82 Å². The number of aromatic nitrogens is 2. The highest BCUT2D eigenvalue weighted by atomic mass is 19.1. The van der Waals surface area contributed by atoms with Crippen molar-refractivity contribution in [3.63, 3.8) is 0 Å². The van der Waals surface area contributed by atoms with Gasteiger partial charge in [0.15, 0.2) is 0 Å². The molecule has 29 heavy (non-hydrogen) atoms. The van der Waals surface area contributed by atoms with Crippen LogP contribution in [0.2, 0.25) is 0 Å². The van der Waals surface area contributed by atoms with Crippen molar-refractivity contribution in [2.24, 2.45) is 0 Å². The molecule has 4 rings (SSSR count). The number of halogens is 1. The zero-order chi connectivity index (χ0) is 20.4. The lowest BCUT2D eigenvalue weighted by molar-refractivity contribution is 0.0567. The van der Waals surface area contributed by atoms with E-state index in [1.54, 1.807) is 35.2 Å². The molecule has 2 N–H and O–H groups in total. The fourth-order valence-corrected chi connectivity index (χ4v) is 3.54. The second-order valence-electron chi connectivity index (χ2n) is 7.14. The lowest BCUT2D eigenvalue weighted by Gasteiger charge is -2.39. The maximum absolute atomic E-state index is 14.3. The Morgan fingerprint density at radius 3 is 2.79 bits per heavy atom. The highest BCUT2D eigenvalue weighted by molar-refractivity contribution is 5.95. The van der Waals surface area contributed by atoms with Gasteiger partial charge in [-0.2, -0.15) is 5.10 Å². The topological polar surface area (TPSA) is 78.1 Å². The summed E-state index contributed by atoms with van der Waals surface area (Å²) in [4.78, 5) is 26.3. The van der Waals surface area contributed by atoms with Gasteiger partial charge in [-0.15, -0.1) is 6.58 Å². The van der Waals surface area contributed by atoms with Crippen LogP contribution >= 0.6 is 0 Å². The van der Waals surface area contributed by atoms with Crippen molar-refractivity contribution in [3.8, 4) is 0 Å². The molecule has 0 bridgehead atoms. The minimum absolute atomic E-state index is 0.0541. The van der Waals surface area contributed by atoms with E-state index in [0.29, 0.717) is 37.1 Å². The summed E-state index contributed by atoms with van der Waals surface area (Å²) in [5, 5.41) is 11.2. The average molecular weight is 392 g/mol. The zero-order valence-electron chi connectivity index (χ0n) is 15.8. The minimum Gasteiger partial charge on any atom is -0.335 e. The largest absolute Gasteiger partial charge is 0.335 e. The van der Waals surface area contributed by atoms with Crippen LogP contribution in [-0.2, 0) is 6.42 Å². The molecule has 1 aromatic heterocycles. The molecular formula is C22H21FN4O2. The summed E-state index contributed by atoms with van der Waals surface area (Å²) in [5.41, 5.74) is 1.22. The average Bonchev–Trinajstić information content (AvgIpc) is 2.70. The summed E-state index contributed by atoms with van der Waals surface area (Å²) in [5.74, 6) is -0.860. The number of fused-ring (bicyclic) bond motifs is 1. The Hall–Kier alpha value is -3.32. The highest BCUT2D eigenvalue weighted by Crippen LogP contribution is 2.21. The Morgan fingerprint density at radius 2 is 2.03 bits per heavy atom. The van der Waals surface area contributed by atoms with Crippen LogP contribution in [0.5, 0.6) is 0 Å². The molecule has 1 fully saturated rings. The number of likely N-dealkylation sites (tertiary alicyclic amines) is 1. The van der Waals surface area contributed by atoms with Gasteiger partial charge in [-0.05, 0) is 23.8 Å². The fraction of sp³-hybridized carbons (Fsp3) is 0.227. The van der Waals surface area contributed by atoms with Gasteiger partial charge in [0.05, 0.1) is 16.6 Å². The van der Waals surface area contributed by atoms with Gasteiger partial charge in [-0.3, -0.25) is 9.59 Å². The summed E-state index contributed by atoms with van der Waals surface area (Å²) >= 11 is 0. The Balaban J connectivity index is 1.55. The van der Waals surface area contributed by atoms with E-state index in [1.807, 2.05) is 12.1 Å². The zero-order valence-corrected chi connectivity index (χ0v) is 15.8. The normalized spacial score (nSPS) is 14.0. The first kappa shape index (κ1) is 19.0. The maximum Gasteiger partial charge on any atom is 0.272 e. The van der Waals surface area contributed by atoms with Crippen molar-refractivity contribution in [3.05, 3.63) is 88.1 Å². The van der Waals surface area contributed by atoms with Crippen LogP contribution in [0.1, 0.15) is 21.6 Å². The van der Waals surface area contributed by atoms with Crippen molar-refractivity contribution in [2.45, 2.75) is 12.5 Å². The smallest absolute Gasteiger partial charge is 0.272 e. The molecule has 1 aliphatic rings. The molecule has 2 aromatic carbocycles. The molecule has 0 spiro atoms. The summed E-state index contributed by atoms with van der Waals surface area (Å²) in [6, 6.07) is 11.9. The van der Waals surface area contributed by atoms with Crippen LogP contribution in [-0.4, -0.2) is 46.7 Å². The molecular weight excluding hydrogens is 371 g/mol. The number of nitrogens with zero attached hydrogens (tertiary/aromatic N) is 2. The van der Waals surface area contributed by atoms with Crippen LogP contribution in [0, 0.1) is 5.82 Å². The van der Waals surface area contributed by atoms with E-state index in [2.05, 4.69) is 22.1 Å². The third kappa shape index (κ3) is 3.82. The predicted molar refractivity (Wildman–Crippen MR) is 109 cm³/mol. The Labute approximate surface area is 167 Å². The summed E-state index contributed by atoms with van der Waals surface area (Å²) in [6.07, 6.45) is 2.14. The summed E-state index contributed by atoms with van der Waals surface area (Å²) in [7, 11) is 0. The second-order valence-corrected chi connectivity index (χ2v) is 7.14. The number of nitrogens with one attached hydrogen (secondary N) is 2. The van der Waals surface area contributed by atoms with Crippen LogP contribution in [0.25, 0.3) is 10.8 Å². The van der Waals surface area contributed by atoms with Crippen molar-refractivity contribution in [1.82, 2.24) is 20.4 Å². The van der Waals surface area contributed by atoms with E-state index in [-0.39, 0.29) is 23.1 Å². The molecule has 0 saturated carbocycles. The van der Waals surface area contributed by atoms with Crippen LogP contribution in [0.15, 0.2) is 59.9 Å². The van der Waals surface area contributed by atoms with E-state index < -0.39 is 5.82 Å². The number of benzene rings is 2. The van der Waals surface area contributed by atoms with E-state index >= 15 is 0 Å². The molecule has 0 atom stereocenters. The lowest BCUT2D eigenvalue weighted by atomic mass is 10.0. The third-order valence-corrected chi connectivity index (χ3v) is 5.13. The first-order chi connectivity index (χ1) is 14.1. The quantitative estimate of drug-likeness (QED) is 0.631. The van der Waals surface area contributed by atoms with Crippen molar-refractivity contribution < 1.29 is 9.18 Å². The number of hydrogen-bond acceptors (Lipinski definition) is 4. The number of hydrogen-bond donors (Lipinski definition) is 2. The SMILES string of the molecule is C=CCNC1CN(C(=O)c2cc(Cc3n[nH]c(=O)c4ccccc34)ccc2F)C1. The Morgan fingerprint density at radius 1 is 1.28 bits per heavy atom. The van der Waals surface area contributed by atoms with Gasteiger partial charge < -0.3 is 10.2 Å². The number of carbonyl (C=O) groups is 1. The molecule has 148 valence electrons. The number of amides is 1. The monoisotopic (exact) mass is 392 g/mol. The number of carbonyl (C=O) groups excluding carboxylic acids is 1. The Bertz CT molecular complexity index is 1140. The maximum atomic E-state index is 14.3. The molecule has 6 nitrogen and oxygen atoms in total. The molecule has 3 aromatic rings. The van der Waals surface area contributed by atoms with Crippen molar-refractivity contribution >= 4 is 16.7 Å². The van der Waals surface area contributed by atoms with Crippen LogP contribution < -0.4 is 10.9 Å². The Kier molecular flexibility index (Phi) is 5.22.